The number of nitrogens with zero attached hydrogens (tertiary/aromatic N) is 2. The molecule has 138 valence electrons. The van der Waals surface area contributed by atoms with Crippen molar-refractivity contribution >= 4 is 10.0 Å². The van der Waals surface area contributed by atoms with Gasteiger partial charge >= 0.3 is 6.18 Å². The number of halogens is 3. The first-order valence-corrected chi connectivity index (χ1v) is 9.26. The highest BCUT2D eigenvalue weighted by molar-refractivity contribution is 7.89. The lowest BCUT2D eigenvalue weighted by Crippen LogP contribution is -2.44. The summed E-state index contributed by atoms with van der Waals surface area (Å²) in [7, 11) is -4.06. The molecule has 0 bridgehead atoms. The number of hydrogen-bond donors (Lipinski definition) is 2. The second-order valence-corrected chi connectivity index (χ2v) is 7.43. The largest absolute Gasteiger partial charge is 0.417 e. The molecule has 0 unspecified atom stereocenters. The molecule has 0 amide bonds. The van der Waals surface area contributed by atoms with Gasteiger partial charge in [-0.3, -0.25) is 0 Å². The topological polar surface area (TPSA) is 85.2 Å². The average Bonchev–Trinajstić information content (AvgIpc) is 2.58. The molecular weight excluding hydrogens is 357 g/mol. The molecule has 1 saturated heterocycles. The minimum Gasteiger partial charge on any atom is -0.314 e. The number of benzene rings is 1. The van der Waals surface area contributed by atoms with Crippen molar-refractivity contribution in [2.24, 2.45) is 0 Å². The quantitative estimate of drug-likeness (QED) is 0.728. The number of sulfonamides is 1. The van der Waals surface area contributed by atoms with Gasteiger partial charge in [-0.2, -0.15) is 18.4 Å². The van der Waals surface area contributed by atoms with Crippen LogP contribution in [0.2, 0.25) is 0 Å². The first-order chi connectivity index (χ1) is 11.7. The Morgan fingerprint density at radius 3 is 2.56 bits per heavy atom. The molecule has 1 aromatic carbocycles. The summed E-state index contributed by atoms with van der Waals surface area (Å²) in [5, 5.41) is 12.0. The zero-order chi connectivity index (χ0) is 18.5. The van der Waals surface area contributed by atoms with Crippen LogP contribution in [0, 0.1) is 11.3 Å². The van der Waals surface area contributed by atoms with E-state index in [1.807, 2.05) is 0 Å². The summed E-state index contributed by atoms with van der Waals surface area (Å²) in [6.45, 7) is 4.39. The molecule has 1 fully saturated rings. The van der Waals surface area contributed by atoms with Gasteiger partial charge in [-0.25, -0.2) is 13.1 Å². The van der Waals surface area contributed by atoms with Crippen LogP contribution in [0.1, 0.15) is 17.5 Å². The number of rotatable bonds is 6. The lowest BCUT2D eigenvalue weighted by atomic mass is 10.1. The third kappa shape index (κ3) is 5.40. The van der Waals surface area contributed by atoms with Gasteiger partial charge in [0.05, 0.1) is 22.1 Å². The Hall–Kier alpha value is -1.67. The van der Waals surface area contributed by atoms with Crippen LogP contribution in [0.3, 0.4) is 0 Å². The molecule has 1 aliphatic rings. The fourth-order valence-electron chi connectivity index (χ4n) is 2.55. The molecule has 25 heavy (non-hydrogen) atoms. The Morgan fingerprint density at radius 2 is 1.96 bits per heavy atom. The molecule has 0 saturated carbocycles. The smallest absolute Gasteiger partial charge is 0.314 e. The van der Waals surface area contributed by atoms with Gasteiger partial charge in [0.25, 0.3) is 0 Å². The fourth-order valence-corrected chi connectivity index (χ4v) is 3.65. The van der Waals surface area contributed by atoms with Gasteiger partial charge in [0.2, 0.25) is 10.0 Å². The summed E-state index contributed by atoms with van der Waals surface area (Å²) in [5.74, 6) is 0. The van der Waals surface area contributed by atoms with Gasteiger partial charge in [-0.1, -0.05) is 0 Å². The summed E-state index contributed by atoms with van der Waals surface area (Å²) < 4.78 is 65.5. The van der Waals surface area contributed by atoms with Gasteiger partial charge in [0.15, 0.2) is 0 Å². The van der Waals surface area contributed by atoms with Gasteiger partial charge in [-0.15, -0.1) is 0 Å². The van der Waals surface area contributed by atoms with Crippen LogP contribution in [0.25, 0.3) is 0 Å². The maximum atomic E-state index is 12.9. The van der Waals surface area contributed by atoms with Crippen molar-refractivity contribution in [2.45, 2.75) is 17.5 Å². The van der Waals surface area contributed by atoms with Crippen molar-refractivity contribution in [1.29, 1.82) is 5.26 Å². The molecule has 6 nitrogen and oxygen atoms in total. The monoisotopic (exact) mass is 376 g/mol. The Kier molecular flexibility index (Phi) is 6.40. The molecule has 0 radical (unpaired) electrons. The maximum absolute atomic E-state index is 12.9. The summed E-state index contributed by atoms with van der Waals surface area (Å²) in [5.41, 5.74) is -1.86. The Labute approximate surface area is 144 Å². The highest BCUT2D eigenvalue weighted by atomic mass is 32.2. The Bertz CT molecular complexity index is 738. The van der Waals surface area contributed by atoms with Crippen molar-refractivity contribution in [2.75, 3.05) is 39.3 Å². The second kappa shape index (κ2) is 8.14. The summed E-state index contributed by atoms with van der Waals surface area (Å²) in [4.78, 5) is 1.69. The highest BCUT2D eigenvalue weighted by Gasteiger charge is 2.35. The zero-order valence-electron chi connectivity index (χ0n) is 13.4. The van der Waals surface area contributed by atoms with Crippen LogP contribution in [0.15, 0.2) is 23.1 Å². The van der Waals surface area contributed by atoms with Crippen LogP contribution in [0.4, 0.5) is 13.2 Å². The lowest BCUT2D eigenvalue weighted by Gasteiger charge is -2.27. The second-order valence-electron chi connectivity index (χ2n) is 5.66. The number of nitriles is 1. The summed E-state index contributed by atoms with van der Waals surface area (Å²) >= 11 is 0. The normalized spacial score (nSPS) is 16.6. The SMILES string of the molecule is N#Cc1ccc(S(=O)(=O)NCCCN2CCNCC2)cc1C(F)(F)F. The predicted molar refractivity (Wildman–Crippen MR) is 85.3 cm³/mol. The van der Waals surface area contributed by atoms with Crippen molar-refractivity contribution < 1.29 is 21.6 Å². The highest BCUT2D eigenvalue weighted by Crippen LogP contribution is 2.33. The molecule has 0 atom stereocenters. The van der Waals surface area contributed by atoms with Crippen LogP contribution in [0.5, 0.6) is 0 Å². The fraction of sp³-hybridized carbons (Fsp3) is 0.533. The minimum atomic E-state index is -4.79. The summed E-state index contributed by atoms with van der Waals surface area (Å²) in [6, 6.07) is 3.80. The number of piperazine rings is 1. The Balaban J connectivity index is 2.00. The summed E-state index contributed by atoms with van der Waals surface area (Å²) in [6.07, 6.45) is -4.24. The standard InChI is InChI=1S/C15H19F3N4O2S/c16-15(17,18)14-10-13(3-2-12(14)11-19)25(23,24)21-4-1-7-22-8-5-20-6-9-22/h2-3,10,20-21H,1,4-9H2. The van der Waals surface area contributed by atoms with E-state index in [-0.39, 0.29) is 6.54 Å². The molecule has 10 heteroatoms. The predicted octanol–water partition coefficient (Wildman–Crippen LogP) is 1.15. The molecule has 0 aromatic heterocycles. The average molecular weight is 376 g/mol. The number of alkyl halides is 3. The third-order valence-corrected chi connectivity index (χ3v) is 5.34. The first kappa shape index (κ1) is 19.7. The van der Waals surface area contributed by atoms with Crippen molar-refractivity contribution in [3.05, 3.63) is 29.3 Å². The van der Waals surface area contributed by atoms with E-state index in [4.69, 9.17) is 5.26 Å². The van der Waals surface area contributed by atoms with Crippen molar-refractivity contribution in [3.8, 4) is 6.07 Å². The third-order valence-electron chi connectivity index (χ3n) is 3.88. The van der Waals surface area contributed by atoms with Gasteiger partial charge in [0, 0.05) is 32.7 Å². The molecule has 1 heterocycles. The molecule has 0 aliphatic carbocycles. The Morgan fingerprint density at radius 1 is 1.28 bits per heavy atom. The van der Waals surface area contributed by atoms with E-state index >= 15 is 0 Å². The van der Waals surface area contributed by atoms with Crippen LogP contribution in [-0.4, -0.2) is 52.6 Å². The molecule has 1 aromatic rings. The first-order valence-electron chi connectivity index (χ1n) is 7.78. The van der Waals surface area contributed by atoms with Crippen molar-refractivity contribution in [3.63, 3.8) is 0 Å². The number of hydrogen-bond acceptors (Lipinski definition) is 5. The van der Waals surface area contributed by atoms with E-state index in [1.54, 1.807) is 0 Å². The van der Waals surface area contributed by atoms with Crippen LogP contribution >= 0.6 is 0 Å². The molecular formula is C15H19F3N4O2S. The van der Waals surface area contributed by atoms with E-state index in [1.165, 1.54) is 6.07 Å². The lowest BCUT2D eigenvalue weighted by molar-refractivity contribution is -0.137. The maximum Gasteiger partial charge on any atom is 0.417 e. The van der Waals surface area contributed by atoms with E-state index in [0.717, 1.165) is 38.3 Å². The van der Waals surface area contributed by atoms with Crippen LogP contribution < -0.4 is 10.0 Å². The van der Waals surface area contributed by atoms with Gasteiger partial charge in [-0.05, 0) is 31.2 Å². The van der Waals surface area contributed by atoms with E-state index in [9.17, 15) is 21.6 Å². The number of nitrogens with one attached hydrogen (secondary N) is 2. The molecule has 1 aliphatic heterocycles. The van der Waals surface area contributed by atoms with Gasteiger partial charge in [0.1, 0.15) is 0 Å². The van der Waals surface area contributed by atoms with E-state index in [2.05, 4.69) is 14.9 Å². The van der Waals surface area contributed by atoms with E-state index < -0.39 is 32.2 Å². The van der Waals surface area contributed by atoms with Gasteiger partial charge < -0.3 is 10.2 Å². The zero-order valence-corrected chi connectivity index (χ0v) is 14.3. The molecule has 2 N–H and O–H groups in total. The molecule has 2 rings (SSSR count). The van der Waals surface area contributed by atoms with Crippen LogP contribution in [-0.2, 0) is 16.2 Å². The minimum absolute atomic E-state index is 0.133. The molecule has 0 spiro atoms. The van der Waals surface area contributed by atoms with E-state index in [0.29, 0.717) is 19.0 Å². The van der Waals surface area contributed by atoms with Crippen molar-refractivity contribution in [1.82, 2.24) is 14.9 Å².